The second-order valence-electron chi connectivity index (χ2n) is 5.02. The van der Waals surface area contributed by atoms with E-state index >= 15 is 0 Å². The van der Waals surface area contributed by atoms with Crippen molar-refractivity contribution in [3.05, 3.63) is 52.2 Å². The Balaban J connectivity index is 1.51. The number of nitrogens with one attached hydrogen (secondary N) is 1. The highest BCUT2D eigenvalue weighted by Gasteiger charge is 2.10. The van der Waals surface area contributed by atoms with Crippen LogP contribution < -0.4 is 5.32 Å². The van der Waals surface area contributed by atoms with E-state index in [4.69, 9.17) is 4.74 Å². The van der Waals surface area contributed by atoms with Crippen molar-refractivity contribution in [1.82, 2.24) is 4.90 Å². The number of morpholine rings is 1. The van der Waals surface area contributed by atoms with Crippen LogP contribution in [0, 0.1) is 0 Å². The molecule has 3 rings (SSSR count). The highest BCUT2D eigenvalue weighted by atomic mass is 32.1. The topological polar surface area (TPSA) is 24.5 Å². The average Bonchev–Trinajstić information content (AvgIpc) is 3.01. The minimum Gasteiger partial charge on any atom is -0.380 e. The first-order chi connectivity index (χ1) is 9.90. The van der Waals surface area contributed by atoms with E-state index < -0.39 is 0 Å². The number of hydrogen-bond donors (Lipinski definition) is 1. The summed E-state index contributed by atoms with van der Waals surface area (Å²) in [6.45, 7) is 5.73. The SMILES string of the molecule is c1csc(CNc2ccc(CN3CCOCC3)cc2)c1. The van der Waals surface area contributed by atoms with Crippen LogP contribution in [0.25, 0.3) is 0 Å². The van der Waals surface area contributed by atoms with Gasteiger partial charge in [0.15, 0.2) is 0 Å². The molecule has 0 unspecified atom stereocenters. The molecule has 2 aromatic rings. The van der Waals surface area contributed by atoms with Crippen LogP contribution in [-0.4, -0.2) is 31.2 Å². The molecule has 0 saturated carbocycles. The van der Waals surface area contributed by atoms with Gasteiger partial charge in [-0.15, -0.1) is 11.3 Å². The molecule has 106 valence electrons. The number of nitrogens with zero attached hydrogens (tertiary/aromatic N) is 1. The molecule has 3 nitrogen and oxygen atoms in total. The van der Waals surface area contributed by atoms with E-state index in [0.29, 0.717) is 0 Å². The fraction of sp³-hybridized carbons (Fsp3) is 0.375. The average molecular weight is 288 g/mol. The zero-order chi connectivity index (χ0) is 13.6. The Morgan fingerprint density at radius 2 is 1.90 bits per heavy atom. The first-order valence-corrected chi connectivity index (χ1v) is 7.93. The highest BCUT2D eigenvalue weighted by Crippen LogP contribution is 2.15. The fourth-order valence-electron chi connectivity index (χ4n) is 2.35. The van der Waals surface area contributed by atoms with Gasteiger partial charge >= 0.3 is 0 Å². The summed E-state index contributed by atoms with van der Waals surface area (Å²) in [5, 5.41) is 5.57. The molecule has 0 spiro atoms. The Kier molecular flexibility index (Phi) is 4.69. The molecule has 1 aliphatic rings. The maximum atomic E-state index is 5.37. The van der Waals surface area contributed by atoms with Gasteiger partial charge in [-0.1, -0.05) is 18.2 Å². The van der Waals surface area contributed by atoms with Crippen LogP contribution in [0.5, 0.6) is 0 Å². The van der Waals surface area contributed by atoms with Crippen LogP contribution in [0.2, 0.25) is 0 Å². The fourth-order valence-corrected chi connectivity index (χ4v) is 2.99. The normalized spacial score (nSPS) is 16.2. The summed E-state index contributed by atoms with van der Waals surface area (Å²) in [4.78, 5) is 3.81. The van der Waals surface area contributed by atoms with Crippen LogP contribution in [0.1, 0.15) is 10.4 Å². The molecule has 0 bridgehead atoms. The third-order valence-electron chi connectivity index (χ3n) is 3.51. The van der Waals surface area contributed by atoms with Crippen LogP contribution in [0.15, 0.2) is 41.8 Å². The molecule has 1 N–H and O–H groups in total. The van der Waals surface area contributed by atoms with Crippen molar-refractivity contribution in [2.24, 2.45) is 0 Å². The third-order valence-corrected chi connectivity index (χ3v) is 4.39. The maximum absolute atomic E-state index is 5.37. The summed E-state index contributed by atoms with van der Waals surface area (Å²) < 4.78 is 5.37. The number of thiophene rings is 1. The van der Waals surface area contributed by atoms with Gasteiger partial charge in [0, 0.05) is 36.7 Å². The molecular formula is C16H20N2OS. The van der Waals surface area contributed by atoms with E-state index in [1.807, 2.05) is 0 Å². The van der Waals surface area contributed by atoms with Gasteiger partial charge in [0.25, 0.3) is 0 Å². The van der Waals surface area contributed by atoms with E-state index in [9.17, 15) is 0 Å². The maximum Gasteiger partial charge on any atom is 0.0594 e. The molecule has 1 aliphatic heterocycles. The molecule has 1 saturated heterocycles. The van der Waals surface area contributed by atoms with Gasteiger partial charge in [-0.3, -0.25) is 4.90 Å². The van der Waals surface area contributed by atoms with Crippen molar-refractivity contribution in [3.63, 3.8) is 0 Å². The molecule has 20 heavy (non-hydrogen) atoms. The van der Waals surface area contributed by atoms with Crippen LogP contribution in [-0.2, 0) is 17.8 Å². The van der Waals surface area contributed by atoms with Crippen LogP contribution >= 0.6 is 11.3 Å². The predicted octanol–water partition coefficient (Wildman–Crippen LogP) is 3.19. The van der Waals surface area contributed by atoms with Gasteiger partial charge < -0.3 is 10.1 Å². The lowest BCUT2D eigenvalue weighted by Gasteiger charge is -2.26. The number of rotatable bonds is 5. The lowest BCUT2D eigenvalue weighted by atomic mass is 10.2. The zero-order valence-electron chi connectivity index (χ0n) is 11.5. The first kappa shape index (κ1) is 13.6. The largest absolute Gasteiger partial charge is 0.380 e. The van der Waals surface area contributed by atoms with Gasteiger partial charge in [-0.05, 0) is 29.1 Å². The molecule has 1 fully saturated rings. The summed E-state index contributed by atoms with van der Waals surface area (Å²) in [5.74, 6) is 0. The van der Waals surface area contributed by atoms with Crippen molar-refractivity contribution in [2.45, 2.75) is 13.1 Å². The molecule has 0 atom stereocenters. The standard InChI is InChI=1S/C16H20N2OS/c1-2-16(20-11-1)12-17-15-5-3-14(4-6-15)13-18-7-9-19-10-8-18/h1-6,11,17H,7-10,12-13H2. The van der Waals surface area contributed by atoms with Crippen LogP contribution in [0.4, 0.5) is 5.69 Å². The van der Waals surface area contributed by atoms with Crippen molar-refractivity contribution >= 4 is 17.0 Å². The van der Waals surface area contributed by atoms with Gasteiger partial charge in [-0.2, -0.15) is 0 Å². The van der Waals surface area contributed by atoms with Crippen molar-refractivity contribution < 1.29 is 4.74 Å². The molecule has 0 amide bonds. The molecule has 0 aliphatic carbocycles. The van der Waals surface area contributed by atoms with Crippen molar-refractivity contribution in [3.8, 4) is 0 Å². The molecule has 1 aromatic heterocycles. The Morgan fingerprint density at radius 3 is 2.60 bits per heavy atom. The summed E-state index contributed by atoms with van der Waals surface area (Å²) in [6, 6.07) is 13.0. The first-order valence-electron chi connectivity index (χ1n) is 7.05. The molecule has 4 heteroatoms. The second kappa shape index (κ2) is 6.88. The van der Waals surface area contributed by atoms with E-state index in [1.54, 1.807) is 11.3 Å². The monoisotopic (exact) mass is 288 g/mol. The second-order valence-corrected chi connectivity index (χ2v) is 6.05. The van der Waals surface area contributed by atoms with Gasteiger partial charge in [0.05, 0.1) is 13.2 Å². The van der Waals surface area contributed by atoms with E-state index in [0.717, 1.165) is 39.4 Å². The number of benzene rings is 1. The van der Waals surface area contributed by atoms with Crippen molar-refractivity contribution in [2.75, 3.05) is 31.6 Å². The van der Waals surface area contributed by atoms with E-state index in [2.05, 4.69) is 52.0 Å². The van der Waals surface area contributed by atoms with Crippen molar-refractivity contribution in [1.29, 1.82) is 0 Å². The van der Waals surface area contributed by atoms with Crippen LogP contribution in [0.3, 0.4) is 0 Å². The smallest absolute Gasteiger partial charge is 0.0594 e. The Bertz CT molecular complexity index is 504. The van der Waals surface area contributed by atoms with Gasteiger partial charge in [0.1, 0.15) is 0 Å². The Labute approximate surface area is 124 Å². The quantitative estimate of drug-likeness (QED) is 0.914. The van der Waals surface area contributed by atoms with Gasteiger partial charge in [0.2, 0.25) is 0 Å². The lowest BCUT2D eigenvalue weighted by molar-refractivity contribution is 0.0342. The number of ether oxygens (including phenoxy) is 1. The molecule has 2 heterocycles. The Hall–Kier alpha value is -1.36. The lowest BCUT2D eigenvalue weighted by Crippen LogP contribution is -2.35. The predicted molar refractivity (Wildman–Crippen MR) is 84.2 cm³/mol. The summed E-state index contributed by atoms with van der Waals surface area (Å²) in [7, 11) is 0. The summed E-state index contributed by atoms with van der Waals surface area (Å²) >= 11 is 1.79. The molecular weight excluding hydrogens is 268 g/mol. The highest BCUT2D eigenvalue weighted by molar-refractivity contribution is 7.09. The zero-order valence-corrected chi connectivity index (χ0v) is 12.4. The number of hydrogen-bond acceptors (Lipinski definition) is 4. The Morgan fingerprint density at radius 1 is 1.10 bits per heavy atom. The van der Waals surface area contributed by atoms with Gasteiger partial charge in [-0.25, -0.2) is 0 Å². The van der Waals surface area contributed by atoms with E-state index in [-0.39, 0.29) is 0 Å². The summed E-state index contributed by atoms with van der Waals surface area (Å²) in [6.07, 6.45) is 0. The van der Waals surface area contributed by atoms with E-state index in [1.165, 1.54) is 16.1 Å². The number of anilines is 1. The molecule has 1 aromatic carbocycles. The molecule has 0 radical (unpaired) electrons. The summed E-state index contributed by atoms with van der Waals surface area (Å²) in [5.41, 5.74) is 2.55. The minimum atomic E-state index is 0.862. The third kappa shape index (κ3) is 3.82. The minimum absolute atomic E-state index is 0.862.